The maximum Gasteiger partial charge on any atom is 0.239 e. The Labute approximate surface area is 144 Å². The molecule has 134 valence electrons. The molecule has 24 heavy (non-hydrogen) atoms. The number of piperazine rings is 1. The summed E-state index contributed by atoms with van der Waals surface area (Å²) in [4.78, 5) is 31.1. The van der Waals surface area contributed by atoms with Crippen molar-refractivity contribution in [1.29, 1.82) is 0 Å². The van der Waals surface area contributed by atoms with Crippen molar-refractivity contribution in [2.75, 3.05) is 52.5 Å². The second kappa shape index (κ2) is 8.12. The number of amides is 2. The van der Waals surface area contributed by atoms with Gasteiger partial charge in [-0.05, 0) is 25.7 Å². The molecule has 0 radical (unpaired) electrons. The van der Waals surface area contributed by atoms with Gasteiger partial charge in [0.2, 0.25) is 11.8 Å². The molecule has 0 unspecified atom stereocenters. The first-order valence-corrected chi connectivity index (χ1v) is 9.20. The number of ether oxygens (including phenoxy) is 1. The fraction of sp³-hybridized carbons (Fsp3) is 0.778. The van der Waals surface area contributed by atoms with E-state index in [9.17, 15) is 9.59 Å². The number of morpholine rings is 1. The summed E-state index contributed by atoms with van der Waals surface area (Å²) < 4.78 is 5.31. The van der Waals surface area contributed by atoms with E-state index in [-0.39, 0.29) is 17.9 Å². The number of carbonyl (C=O) groups excluding carboxylic acids is 2. The number of nitrogens with zero attached hydrogens (tertiary/aromatic N) is 3. The maximum atomic E-state index is 12.6. The minimum absolute atomic E-state index is 0.113. The van der Waals surface area contributed by atoms with Gasteiger partial charge in [-0.3, -0.25) is 14.5 Å². The third-order valence-corrected chi connectivity index (χ3v) is 5.44. The van der Waals surface area contributed by atoms with Crippen LogP contribution in [0.25, 0.3) is 0 Å². The second-order valence-corrected chi connectivity index (χ2v) is 7.00. The van der Waals surface area contributed by atoms with Gasteiger partial charge in [0.15, 0.2) is 0 Å². The summed E-state index contributed by atoms with van der Waals surface area (Å²) in [5.74, 6) is 0.880. The number of hydrogen-bond acceptors (Lipinski definition) is 4. The third-order valence-electron chi connectivity index (χ3n) is 5.44. The highest BCUT2D eigenvalue weighted by Crippen LogP contribution is 2.22. The van der Waals surface area contributed by atoms with Gasteiger partial charge in [-0.2, -0.15) is 0 Å². The van der Waals surface area contributed by atoms with Gasteiger partial charge < -0.3 is 14.5 Å². The molecule has 0 N–H and O–H groups in total. The molecule has 6 nitrogen and oxygen atoms in total. The maximum absolute atomic E-state index is 12.6. The van der Waals surface area contributed by atoms with Crippen LogP contribution in [0.1, 0.15) is 26.2 Å². The summed E-state index contributed by atoms with van der Waals surface area (Å²) >= 11 is 0. The van der Waals surface area contributed by atoms with Gasteiger partial charge in [-0.25, -0.2) is 0 Å². The monoisotopic (exact) mass is 335 g/mol. The summed E-state index contributed by atoms with van der Waals surface area (Å²) in [6.07, 6.45) is 7.20. The van der Waals surface area contributed by atoms with Gasteiger partial charge in [-0.1, -0.05) is 12.2 Å². The van der Waals surface area contributed by atoms with Crippen molar-refractivity contribution in [1.82, 2.24) is 14.7 Å². The van der Waals surface area contributed by atoms with E-state index in [4.69, 9.17) is 4.74 Å². The van der Waals surface area contributed by atoms with E-state index >= 15 is 0 Å². The normalized spacial score (nSPS) is 26.6. The number of rotatable bonds is 4. The van der Waals surface area contributed by atoms with Crippen LogP contribution in [0, 0.1) is 5.92 Å². The molecule has 2 heterocycles. The number of hydrogen-bond donors (Lipinski definition) is 0. The Bertz CT molecular complexity index is 480. The Morgan fingerprint density at radius 2 is 1.79 bits per heavy atom. The molecule has 6 heteroatoms. The van der Waals surface area contributed by atoms with Gasteiger partial charge >= 0.3 is 0 Å². The van der Waals surface area contributed by atoms with Crippen molar-refractivity contribution in [3.05, 3.63) is 12.2 Å². The van der Waals surface area contributed by atoms with E-state index in [0.29, 0.717) is 38.6 Å². The van der Waals surface area contributed by atoms with Gasteiger partial charge in [0, 0.05) is 45.7 Å². The van der Waals surface area contributed by atoms with E-state index in [0.717, 1.165) is 39.0 Å². The molecular formula is C18H29N3O3. The average molecular weight is 335 g/mol. The smallest absolute Gasteiger partial charge is 0.239 e. The fourth-order valence-electron chi connectivity index (χ4n) is 3.78. The largest absolute Gasteiger partial charge is 0.378 e. The van der Waals surface area contributed by atoms with E-state index in [2.05, 4.69) is 17.1 Å². The molecule has 2 fully saturated rings. The van der Waals surface area contributed by atoms with Crippen molar-refractivity contribution in [2.24, 2.45) is 5.92 Å². The predicted octanol–water partition coefficient (Wildman–Crippen LogP) is 0.734. The van der Waals surface area contributed by atoms with Crippen LogP contribution in [-0.2, 0) is 14.3 Å². The van der Waals surface area contributed by atoms with E-state index in [1.807, 2.05) is 16.7 Å². The Balaban J connectivity index is 1.44. The lowest BCUT2D eigenvalue weighted by molar-refractivity contribution is -0.142. The van der Waals surface area contributed by atoms with E-state index in [1.54, 1.807) is 0 Å². The third kappa shape index (κ3) is 4.16. The van der Waals surface area contributed by atoms with Gasteiger partial charge in [0.25, 0.3) is 0 Å². The topological polar surface area (TPSA) is 53.1 Å². The summed E-state index contributed by atoms with van der Waals surface area (Å²) in [5.41, 5.74) is 0. The molecule has 3 aliphatic rings. The number of allylic oxidation sites excluding steroid dienone is 2. The molecule has 0 aromatic carbocycles. The van der Waals surface area contributed by atoms with Crippen LogP contribution in [-0.4, -0.2) is 85.0 Å². The minimum atomic E-state index is -0.113. The first kappa shape index (κ1) is 17.4. The zero-order valence-corrected chi connectivity index (χ0v) is 14.7. The molecule has 2 saturated heterocycles. The lowest BCUT2D eigenvalue weighted by Crippen LogP contribution is -2.56. The molecule has 2 amide bonds. The van der Waals surface area contributed by atoms with Gasteiger partial charge in [0.05, 0.1) is 19.3 Å². The van der Waals surface area contributed by atoms with Crippen LogP contribution in [0.5, 0.6) is 0 Å². The van der Waals surface area contributed by atoms with Crippen LogP contribution in [0.2, 0.25) is 0 Å². The minimum Gasteiger partial charge on any atom is -0.378 e. The lowest BCUT2D eigenvalue weighted by Gasteiger charge is -2.39. The highest BCUT2D eigenvalue weighted by molar-refractivity contribution is 5.81. The van der Waals surface area contributed by atoms with Crippen molar-refractivity contribution < 1.29 is 14.3 Å². The highest BCUT2D eigenvalue weighted by atomic mass is 16.5. The van der Waals surface area contributed by atoms with Crippen molar-refractivity contribution in [3.8, 4) is 0 Å². The molecule has 0 saturated carbocycles. The molecule has 2 atom stereocenters. The Hall–Kier alpha value is -1.40. The van der Waals surface area contributed by atoms with Crippen LogP contribution in [0.3, 0.4) is 0 Å². The van der Waals surface area contributed by atoms with Crippen LogP contribution in [0.15, 0.2) is 12.2 Å². The SMILES string of the molecule is C[C@@H](C(=O)N1CCOCC1)N1CCN(C(=O)C[C@@H]2C=CCC2)CC1. The van der Waals surface area contributed by atoms with Crippen LogP contribution in [0.4, 0.5) is 0 Å². The standard InChI is InChI=1S/C18H29N3O3/c1-15(18(23)21-10-12-24-13-11-21)19-6-8-20(9-7-19)17(22)14-16-4-2-3-5-16/h2,4,15-16H,3,5-14H2,1H3/t15-,16+/m0/s1. The fourth-order valence-corrected chi connectivity index (χ4v) is 3.78. The van der Waals surface area contributed by atoms with Gasteiger partial charge in [0.1, 0.15) is 0 Å². The first-order chi connectivity index (χ1) is 11.6. The zero-order valence-electron chi connectivity index (χ0n) is 14.7. The van der Waals surface area contributed by atoms with Crippen molar-refractivity contribution in [2.45, 2.75) is 32.2 Å². The molecule has 1 aliphatic carbocycles. The summed E-state index contributed by atoms with van der Waals surface area (Å²) in [6.45, 7) is 7.66. The lowest BCUT2D eigenvalue weighted by atomic mass is 10.0. The highest BCUT2D eigenvalue weighted by Gasteiger charge is 2.31. The zero-order chi connectivity index (χ0) is 16.9. The molecule has 0 bridgehead atoms. The molecule has 0 aromatic rings. The summed E-state index contributed by atoms with van der Waals surface area (Å²) in [7, 11) is 0. The Morgan fingerprint density at radius 3 is 2.42 bits per heavy atom. The van der Waals surface area contributed by atoms with Crippen LogP contribution >= 0.6 is 0 Å². The van der Waals surface area contributed by atoms with Gasteiger partial charge in [-0.15, -0.1) is 0 Å². The van der Waals surface area contributed by atoms with Crippen molar-refractivity contribution >= 4 is 11.8 Å². The van der Waals surface area contributed by atoms with Crippen molar-refractivity contribution in [3.63, 3.8) is 0 Å². The summed E-state index contributed by atoms with van der Waals surface area (Å²) in [5, 5.41) is 0. The molecule has 2 aliphatic heterocycles. The Morgan fingerprint density at radius 1 is 1.08 bits per heavy atom. The van der Waals surface area contributed by atoms with Crippen LogP contribution < -0.4 is 0 Å². The average Bonchev–Trinajstić information content (AvgIpc) is 3.14. The first-order valence-electron chi connectivity index (χ1n) is 9.20. The quantitative estimate of drug-likeness (QED) is 0.711. The van der Waals surface area contributed by atoms with E-state index < -0.39 is 0 Å². The molecular weight excluding hydrogens is 306 g/mol. The number of carbonyl (C=O) groups is 2. The predicted molar refractivity (Wildman–Crippen MR) is 91.5 cm³/mol. The second-order valence-electron chi connectivity index (χ2n) is 7.00. The molecule has 0 aromatic heterocycles. The molecule has 3 rings (SSSR count). The molecule has 0 spiro atoms. The van der Waals surface area contributed by atoms with E-state index in [1.165, 1.54) is 0 Å². The Kier molecular flexibility index (Phi) is 5.89. The summed E-state index contributed by atoms with van der Waals surface area (Å²) in [6, 6.07) is -0.113.